The molecule has 0 amide bonds. The normalized spacial score (nSPS) is 16.9. The molecule has 12 heteroatoms. The molecule has 1 saturated carbocycles. The molecule has 5 aromatic rings. The number of benzene rings is 1. The van der Waals surface area contributed by atoms with Crippen LogP contribution in [0.1, 0.15) is 40.6 Å². The zero-order valence-electron chi connectivity index (χ0n) is 21.6. The number of fused-ring (bicyclic) bond motifs is 1. The van der Waals surface area contributed by atoms with Crippen molar-refractivity contribution >= 4 is 27.1 Å². The van der Waals surface area contributed by atoms with Crippen LogP contribution in [0.2, 0.25) is 5.02 Å². The first-order valence-electron chi connectivity index (χ1n) is 12.3. The van der Waals surface area contributed by atoms with E-state index < -0.39 is 37.6 Å². The molecule has 0 bridgehead atoms. The maximum atomic E-state index is 16.1. The van der Waals surface area contributed by atoms with E-state index in [9.17, 15) is 13.2 Å². The highest BCUT2D eigenvalue weighted by Crippen LogP contribution is 2.56. The van der Waals surface area contributed by atoms with Crippen molar-refractivity contribution in [1.82, 2.24) is 24.1 Å². The van der Waals surface area contributed by atoms with Crippen LogP contribution in [-0.2, 0) is 9.84 Å². The van der Waals surface area contributed by atoms with Crippen molar-refractivity contribution in [3.05, 3.63) is 105 Å². The fraction of sp³-hybridized carbons (Fsp3) is 0.214. The average Bonchev–Trinajstić information content (AvgIpc) is 3.54. The maximum Gasteiger partial charge on any atom is 0.274 e. The van der Waals surface area contributed by atoms with Gasteiger partial charge in [0.05, 0.1) is 5.69 Å². The van der Waals surface area contributed by atoms with Crippen molar-refractivity contribution in [3.8, 4) is 16.9 Å². The molecule has 0 spiro atoms. The summed E-state index contributed by atoms with van der Waals surface area (Å²) in [4.78, 5) is 17.1. The van der Waals surface area contributed by atoms with E-state index in [0.29, 0.717) is 16.8 Å². The highest BCUT2D eigenvalue weighted by Gasteiger charge is 2.43. The third-order valence-electron chi connectivity index (χ3n) is 7.32. The van der Waals surface area contributed by atoms with Gasteiger partial charge in [-0.1, -0.05) is 23.7 Å². The first kappa shape index (κ1) is 26.3. The quantitative estimate of drug-likeness (QED) is 0.284. The molecule has 1 unspecified atom stereocenters. The first-order chi connectivity index (χ1) is 19.0. The second-order valence-electron chi connectivity index (χ2n) is 10.0. The van der Waals surface area contributed by atoms with Crippen LogP contribution in [0.25, 0.3) is 22.6 Å². The van der Waals surface area contributed by atoms with Crippen LogP contribution in [0, 0.1) is 25.5 Å². The Kier molecular flexibility index (Phi) is 6.11. The van der Waals surface area contributed by atoms with Gasteiger partial charge >= 0.3 is 0 Å². The van der Waals surface area contributed by atoms with E-state index in [1.165, 1.54) is 18.3 Å². The van der Waals surface area contributed by atoms with E-state index in [-0.39, 0.29) is 28.1 Å². The molecule has 0 aliphatic heterocycles. The molecule has 0 saturated heterocycles. The molecule has 8 nitrogen and oxygen atoms in total. The molecular formula is C28H22ClF2N5O3S. The lowest BCUT2D eigenvalue weighted by Gasteiger charge is -2.18. The number of nitrogens with zero attached hydrogens (tertiary/aromatic N) is 5. The number of pyridine rings is 3. The Morgan fingerprint density at radius 2 is 1.80 bits per heavy atom. The average molecular weight is 582 g/mol. The van der Waals surface area contributed by atoms with Crippen LogP contribution in [0.5, 0.6) is 0 Å². The first-order valence-corrected chi connectivity index (χ1v) is 14.6. The summed E-state index contributed by atoms with van der Waals surface area (Å²) >= 11 is 6.63. The van der Waals surface area contributed by atoms with Gasteiger partial charge in [-0.15, -0.1) is 10.2 Å². The van der Waals surface area contributed by atoms with Gasteiger partial charge in [-0.2, -0.15) is 0 Å². The lowest BCUT2D eigenvalue weighted by Crippen LogP contribution is -2.24. The van der Waals surface area contributed by atoms with Crippen LogP contribution in [0.4, 0.5) is 8.78 Å². The Morgan fingerprint density at radius 3 is 2.55 bits per heavy atom. The number of rotatable bonds is 5. The van der Waals surface area contributed by atoms with Crippen LogP contribution in [-0.4, -0.2) is 38.8 Å². The minimum Gasteiger partial charge on any atom is -0.289 e. The van der Waals surface area contributed by atoms with Gasteiger partial charge in [0, 0.05) is 35.5 Å². The number of sulfone groups is 1. The topological polar surface area (TPSA) is 99.2 Å². The fourth-order valence-electron chi connectivity index (χ4n) is 5.33. The summed E-state index contributed by atoms with van der Waals surface area (Å²) in [5.41, 5.74) is 1.65. The number of aromatic nitrogens is 5. The van der Waals surface area contributed by atoms with Crippen LogP contribution >= 0.6 is 11.6 Å². The van der Waals surface area contributed by atoms with E-state index in [0.717, 1.165) is 34.5 Å². The Hall–Kier alpha value is -3.96. The Bertz CT molecular complexity index is 2020. The number of hydrogen-bond acceptors (Lipinski definition) is 6. The number of halogens is 3. The van der Waals surface area contributed by atoms with Gasteiger partial charge in [0.15, 0.2) is 27.1 Å². The van der Waals surface area contributed by atoms with E-state index in [4.69, 9.17) is 11.6 Å². The van der Waals surface area contributed by atoms with Gasteiger partial charge < -0.3 is 0 Å². The summed E-state index contributed by atoms with van der Waals surface area (Å²) in [6, 6.07) is 9.30. The van der Waals surface area contributed by atoms with Crippen LogP contribution in [0.15, 0.2) is 64.8 Å². The molecule has 4 aromatic heterocycles. The van der Waals surface area contributed by atoms with Crippen LogP contribution in [0.3, 0.4) is 0 Å². The van der Waals surface area contributed by atoms with Gasteiger partial charge in [-0.25, -0.2) is 17.2 Å². The zero-order chi connectivity index (χ0) is 28.5. The Labute approximate surface area is 232 Å². The van der Waals surface area contributed by atoms with Crippen molar-refractivity contribution in [2.75, 3.05) is 6.26 Å². The van der Waals surface area contributed by atoms with Crippen molar-refractivity contribution in [3.63, 3.8) is 0 Å². The third-order valence-corrected chi connectivity index (χ3v) is 8.82. The van der Waals surface area contributed by atoms with Gasteiger partial charge in [-0.05, 0) is 67.5 Å². The summed E-state index contributed by atoms with van der Waals surface area (Å²) in [5.74, 6) is -2.02. The third kappa shape index (κ3) is 4.11. The minimum absolute atomic E-state index is 0.0248. The molecule has 1 aliphatic carbocycles. The van der Waals surface area contributed by atoms with E-state index >= 15 is 8.78 Å². The second-order valence-corrected chi connectivity index (χ2v) is 12.4. The lowest BCUT2D eigenvalue weighted by molar-refractivity contribution is 0.569. The summed E-state index contributed by atoms with van der Waals surface area (Å²) in [7, 11) is -3.91. The van der Waals surface area contributed by atoms with E-state index in [1.54, 1.807) is 26.2 Å². The summed E-state index contributed by atoms with van der Waals surface area (Å²) in [5, 5.41) is 8.14. The standard InChI is InChI=1S/C28H22ClF2N5O3S/c1-14-12-32-25(17-6-4-8-21(23(17)30)40(3,38)39)24(31)26(14)36-15(2)10-20(22(29)28(36)37)19-11-18(19)16-7-5-9-35-13-33-34-27(16)35/h4-10,12-13,18-19H,11H2,1-3H3/t18?,19-/m1/s1. The molecule has 1 aliphatic rings. The predicted octanol–water partition coefficient (Wildman–Crippen LogP) is 5.17. The number of hydrogen-bond donors (Lipinski definition) is 0. The fourth-order valence-corrected chi connectivity index (χ4v) is 6.37. The Balaban J connectivity index is 1.45. The second kappa shape index (κ2) is 9.31. The van der Waals surface area contributed by atoms with Crippen molar-refractivity contribution in [2.24, 2.45) is 0 Å². The van der Waals surface area contributed by atoms with Crippen LogP contribution < -0.4 is 5.56 Å². The molecule has 1 aromatic carbocycles. The SMILES string of the molecule is Cc1cnc(-c2cccc(S(C)(=O)=O)c2F)c(F)c1-n1c(C)cc([C@@H]2CC2c2cccn3cnnc23)c(Cl)c1=O. The highest BCUT2D eigenvalue weighted by atomic mass is 35.5. The van der Waals surface area contributed by atoms with E-state index in [1.807, 2.05) is 22.7 Å². The zero-order valence-corrected chi connectivity index (χ0v) is 23.1. The van der Waals surface area contributed by atoms with Gasteiger partial charge in [-0.3, -0.25) is 18.7 Å². The van der Waals surface area contributed by atoms with E-state index in [2.05, 4.69) is 15.2 Å². The van der Waals surface area contributed by atoms with Crippen molar-refractivity contribution < 1.29 is 17.2 Å². The summed E-state index contributed by atoms with van der Waals surface area (Å²) in [6.07, 6.45) is 6.42. The van der Waals surface area contributed by atoms with Crippen molar-refractivity contribution in [2.45, 2.75) is 37.0 Å². The smallest absolute Gasteiger partial charge is 0.274 e. The molecular weight excluding hydrogens is 560 g/mol. The highest BCUT2D eigenvalue weighted by molar-refractivity contribution is 7.90. The molecule has 4 heterocycles. The Morgan fingerprint density at radius 1 is 1.05 bits per heavy atom. The maximum absolute atomic E-state index is 16.1. The number of aryl methyl sites for hydroxylation is 2. The van der Waals surface area contributed by atoms with Gasteiger partial charge in [0.25, 0.3) is 5.56 Å². The minimum atomic E-state index is -3.91. The molecule has 1 fully saturated rings. The predicted molar refractivity (Wildman–Crippen MR) is 146 cm³/mol. The van der Waals surface area contributed by atoms with Gasteiger partial charge in [0.1, 0.15) is 21.9 Å². The monoisotopic (exact) mass is 581 g/mol. The lowest BCUT2D eigenvalue weighted by atomic mass is 10.0. The molecule has 0 radical (unpaired) electrons. The molecule has 204 valence electrons. The molecule has 2 atom stereocenters. The summed E-state index contributed by atoms with van der Waals surface area (Å²) < 4.78 is 58.3. The molecule has 40 heavy (non-hydrogen) atoms. The van der Waals surface area contributed by atoms with Gasteiger partial charge in [0.2, 0.25) is 0 Å². The summed E-state index contributed by atoms with van der Waals surface area (Å²) in [6.45, 7) is 3.24. The van der Waals surface area contributed by atoms with Crippen molar-refractivity contribution in [1.29, 1.82) is 0 Å². The molecule has 6 rings (SSSR count). The largest absolute Gasteiger partial charge is 0.289 e. The molecule has 0 N–H and O–H groups in total.